The van der Waals surface area contributed by atoms with Crippen molar-refractivity contribution in [2.45, 2.75) is 32.1 Å². The number of hydrogen-bond acceptors (Lipinski definition) is 3. The third kappa shape index (κ3) is 3.49. The van der Waals surface area contributed by atoms with Crippen molar-refractivity contribution in [1.29, 1.82) is 0 Å². The first-order chi connectivity index (χ1) is 12.3. The molecule has 1 aliphatic rings. The van der Waals surface area contributed by atoms with E-state index in [-0.39, 0.29) is 30.4 Å². The van der Waals surface area contributed by atoms with E-state index in [0.717, 1.165) is 11.3 Å². The van der Waals surface area contributed by atoms with Crippen molar-refractivity contribution in [3.8, 4) is 0 Å². The Morgan fingerprint density at radius 1 is 1.08 bits per heavy atom. The Balaban J connectivity index is 1.61. The number of ketones is 1. The Morgan fingerprint density at radius 2 is 1.77 bits per heavy atom. The van der Waals surface area contributed by atoms with Crippen LogP contribution in [-0.2, 0) is 15.0 Å². The molecule has 0 aromatic heterocycles. The minimum Gasteiger partial charge on any atom is -0.326 e. The molecule has 0 fully saturated rings. The maximum absolute atomic E-state index is 12.9. The number of nitrogens with one attached hydrogen (secondary N) is 2. The molecule has 3 rings (SSSR count). The fourth-order valence-electron chi connectivity index (χ4n) is 2.88. The van der Waals surface area contributed by atoms with E-state index in [4.69, 9.17) is 0 Å². The molecule has 1 aliphatic heterocycles. The fraction of sp³-hybridized carbons (Fsp3) is 0.250. The molecule has 134 valence electrons. The Labute approximate surface area is 150 Å². The van der Waals surface area contributed by atoms with Gasteiger partial charge >= 0.3 is 0 Å². The van der Waals surface area contributed by atoms with Gasteiger partial charge in [0.25, 0.3) is 0 Å². The molecule has 0 saturated carbocycles. The zero-order valence-electron chi connectivity index (χ0n) is 14.6. The summed E-state index contributed by atoms with van der Waals surface area (Å²) in [4.78, 5) is 36.1. The monoisotopic (exact) mass is 354 g/mol. The van der Waals surface area contributed by atoms with Gasteiger partial charge in [-0.2, -0.15) is 0 Å². The number of amides is 2. The average molecular weight is 354 g/mol. The van der Waals surface area contributed by atoms with E-state index in [1.54, 1.807) is 18.2 Å². The molecule has 2 aromatic carbocycles. The predicted molar refractivity (Wildman–Crippen MR) is 96.7 cm³/mol. The van der Waals surface area contributed by atoms with Crippen molar-refractivity contribution in [3.05, 3.63) is 59.4 Å². The summed E-state index contributed by atoms with van der Waals surface area (Å²) in [5, 5.41) is 5.56. The second-order valence-corrected chi connectivity index (χ2v) is 6.82. The number of hydrogen-bond donors (Lipinski definition) is 2. The molecule has 0 aliphatic carbocycles. The maximum atomic E-state index is 12.9. The van der Waals surface area contributed by atoms with Crippen molar-refractivity contribution >= 4 is 29.0 Å². The largest absolute Gasteiger partial charge is 0.326 e. The van der Waals surface area contributed by atoms with E-state index in [1.807, 2.05) is 13.8 Å². The number of Topliss-reactive ketones (excluding diaryl/α,β-unsaturated/α-hetero) is 1. The number of carbonyl (C=O) groups is 3. The minimum absolute atomic E-state index is 0.0217. The molecule has 2 N–H and O–H groups in total. The van der Waals surface area contributed by atoms with E-state index < -0.39 is 11.2 Å². The second kappa shape index (κ2) is 6.71. The molecule has 0 saturated heterocycles. The van der Waals surface area contributed by atoms with Crippen LogP contribution < -0.4 is 10.6 Å². The van der Waals surface area contributed by atoms with E-state index >= 15 is 0 Å². The Kier molecular flexibility index (Phi) is 4.59. The van der Waals surface area contributed by atoms with Gasteiger partial charge in [-0.1, -0.05) is 0 Å². The Bertz CT molecular complexity index is 888. The number of anilines is 2. The molecule has 0 spiro atoms. The van der Waals surface area contributed by atoms with Gasteiger partial charge in [0.2, 0.25) is 11.8 Å². The topological polar surface area (TPSA) is 75.3 Å². The zero-order chi connectivity index (χ0) is 18.9. The van der Waals surface area contributed by atoms with Crippen molar-refractivity contribution in [2.24, 2.45) is 0 Å². The molecular weight excluding hydrogens is 335 g/mol. The van der Waals surface area contributed by atoms with Crippen LogP contribution in [0.4, 0.5) is 15.8 Å². The lowest BCUT2D eigenvalue weighted by atomic mass is 9.86. The Morgan fingerprint density at radius 3 is 2.46 bits per heavy atom. The van der Waals surface area contributed by atoms with Gasteiger partial charge in [0.15, 0.2) is 5.78 Å². The molecule has 0 radical (unpaired) electrons. The van der Waals surface area contributed by atoms with E-state index in [9.17, 15) is 18.8 Å². The summed E-state index contributed by atoms with van der Waals surface area (Å²) in [5.74, 6) is -1.01. The average Bonchev–Trinajstić information content (AvgIpc) is 2.83. The summed E-state index contributed by atoms with van der Waals surface area (Å²) in [6.45, 7) is 3.64. The van der Waals surface area contributed by atoms with Gasteiger partial charge in [-0.15, -0.1) is 0 Å². The summed E-state index contributed by atoms with van der Waals surface area (Å²) < 4.78 is 12.9. The van der Waals surface area contributed by atoms with Gasteiger partial charge in [0.05, 0.1) is 5.41 Å². The summed E-state index contributed by atoms with van der Waals surface area (Å²) in [6.07, 6.45) is 0.0574. The first-order valence-corrected chi connectivity index (χ1v) is 8.32. The normalized spacial score (nSPS) is 14.5. The highest BCUT2D eigenvalue weighted by Gasteiger charge is 2.38. The van der Waals surface area contributed by atoms with Crippen LogP contribution in [-0.4, -0.2) is 17.6 Å². The van der Waals surface area contributed by atoms with Crippen LogP contribution in [0.25, 0.3) is 0 Å². The smallest absolute Gasteiger partial charge is 0.234 e. The lowest BCUT2D eigenvalue weighted by Gasteiger charge is -2.16. The third-order valence-corrected chi connectivity index (χ3v) is 4.54. The van der Waals surface area contributed by atoms with Crippen LogP contribution in [0.3, 0.4) is 0 Å². The van der Waals surface area contributed by atoms with Crippen molar-refractivity contribution in [2.75, 3.05) is 10.6 Å². The zero-order valence-corrected chi connectivity index (χ0v) is 14.6. The first kappa shape index (κ1) is 17.8. The fourth-order valence-corrected chi connectivity index (χ4v) is 2.88. The molecule has 0 unspecified atom stereocenters. The van der Waals surface area contributed by atoms with Crippen LogP contribution in [0.1, 0.15) is 42.6 Å². The lowest BCUT2D eigenvalue weighted by Crippen LogP contribution is -2.26. The molecule has 0 atom stereocenters. The summed E-state index contributed by atoms with van der Waals surface area (Å²) in [5.41, 5.74) is 1.86. The number of halogens is 1. The van der Waals surface area contributed by atoms with E-state index in [0.29, 0.717) is 11.3 Å². The number of carbonyl (C=O) groups excluding carboxylic acids is 3. The maximum Gasteiger partial charge on any atom is 0.234 e. The highest BCUT2D eigenvalue weighted by molar-refractivity contribution is 6.06. The second-order valence-electron chi connectivity index (χ2n) is 6.82. The number of benzene rings is 2. The molecule has 5 nitrogen and oxygen atoms in total. The van der Waals surface area contributed by atoms with Crippen LogP contribution in [0, 0.1) is 5.82 Å². The minimum atomic E-state index is -0.658. The van der Waals surface area contributed by atoms with Gasteiger partial charge in [-0.3, -0.25) is 14.4 Å². The predicted octanol–water partition coefficient (Wildman–Crippen LogP) is 3.66. The number of fused-ring (bicyclic) bond motifs is 1. The molecule has 2 aromatic rings. The van der Waals surface area contributed by atoms with Crippen LogP contribution in [0.5, 0.6) is 0 Å². The van der Waals surface area contributed by atoms with Gasteiger partial charge in [0.1, 0.15) is 5.82 Å². The molecule has 6 heteroatoms. The van der Waals surface area contributed by atoms with E-state index in [2.05, 4.69) is 10.6 Å². The highest BCUT2D eigenvalue weighted by atomic mass is 19.1. The van der Waals surface area contributed by atoms with Crippen molar-refractivity contribution in [3.63, 3.8) is 0 Å². The SMILES string of the molecule is CC1(C)C(=O)Nc2ccc(NC(=O)CCC(=O)c3ccc(F)cc3)cc21. The van der Waals surface area contributed by atoms with Gasteiger partial charge in [-0.25, -0.2) is 4.39 Å². The third-order valence-electron chi connectivity index (χ3n) is 4.54. The lowest BCUT2D eigenvalue weighted by molar-refractivity contribution is -0.119. The molecular formula is C20H19FN2O3. The summed E-state index contributed by atoms with van der Waals surface area (Å²) >= 11 is 0. The van der Waals surface area contributed by atoms with Crippen LogP contribution in [0.15, 0.2) is 42.5 Å². The summed E-state index contributed by atoms with van der Waals surface area (Å²) in [6, 6.07) is 10.5. The quantitative estimate of drug-likeness (QED) is 0.805. The van der Waals surface area contributed by atoms with Crippen LogP contribution >= 0.6 is 0 Å². The summed E-state index contributed by atoms with van der Waals surface area (Å²) in [7, 11) is 0. The van der Waals surface area contributed by atoms with Gasteiger partial charge in [0, 0.05) is 29.8 Å². The highest BCUT2D eigenvalue weighted by Crippen LogP contribution is 2.38. The van der Waals surface area contributed by atoms with Crippen molar-refractivity contribution < 1.29 is 18.8 Å². The molecule has 2 amide bonds. The van der Waals surface area contributed by atoms with Crippen molar-refractivity contribution in [1.82, 2.24) is 0 Å². The van der Waals surface area contributed by atoms with Crippen LogP contribution in [0.2, 0.25) is 0 Å². The molecule has 1 heterocycles. The molecule has 26 heavy (non-hydrogen) atoms. The molecule has 0 bridgehead atoms. The standard InChI is InChI=1S/C20H19FN2O3/c1-20(2)15-11-14(7-8-16(15)23-19(20)26)22-18(25)10-9-17(24)12-3-5-13(21)6-4-12/h3-8,11H,9-10H2,1-2H3,(H,22,25)(H,23,26). The number of rotatable bonds is 5. The van der Waals surface area contributed by atoms with Gasteiger partial charge in [-0.05, 0) is 61.9 Å². The first-order valence-electron chi connectivity index (χ1n) is 8.32. The van der Waals surface area contributed by atoms with Gasteiger partial charge < -0.3 is 10.6 Å². The Hall–Kier alpha value is -3.02. The van der Waals surface area contributed by atoms with E-state index in [1.165, 1.54) is 24.3 Å².